The van der Waals surface area contributed by atoms with Crippen molar-refractivity contribution in [2.45, 2.75) is 65.0 Å². The highest BCUT2D eigenvalue weighted by atomic mass is 15.5. The van der Waals surface area contributed by atoms with Crippen molar-refractivity contribution in [3.63, 3.8) is 0 Å². The minimum Gasteiger partial charge on any atom is -0.316 e. The summed E-state index contributed by atoms with van der Waals surface area (Å²) < 4.78 is 0. The lowest BCUT2D eigenvalue weighted by atomic mass is 9.30. The number of hydrogen-bond donors (Lipinski definition) is 0. The smallest absolute Gasteiger partial charge is 0.248 e. The second-order valence-corrected chi connectivity index (χ2v) is 23.4. The van der Waals surface area contributed by atoms with Gasteiger partial charge < -0.3 is 24.5 Å². The first-order chi connectivity index (χ1) is 37.9. The molecule has 0 spiro atoms. The molecular weight excluding hydrogens is 946 g/mol. The summed E-state index contributed by atoms with van der Waals surface area (Å²) in [7, 11) is 0. The van der Waals surface area contributed by atoms with Gasteiger partial charge in [-0.05, 0) is 162 Å². The number of fused-ring (bicyclic) bond motifs is 6. The molecule has 0 saturated heterocycles. The van der Waals surface area contributed by atoms with E-state index >= 15 is 0 Å². The van der Waals surface area contributed by atoms with Crippen LogP contribution in [0.3, 0.4) is 0 Å². The number of nitrogens with zero attached hydrogens (tertiary/aromatic N) is 5. The zero-order valence-corrected chi connectivity index (χ0v) is 45.5. The van der Waals surface area contributed by atoms with Crippen molar-refractivity contribution in [1.82, 2.24) is 0 Å². The van der Waals surface area contributed by atoms with Crippen LogP contribution >= 0.6 is 0 Å². The van der Waals surface area contributed by atoms with E-state index in [4.69, 9.17) is 0 Å². The Balaban J connectivity index is 1.07. The van der Waals surface area contributed by atoms with Crippen molar-refractivity contribution in [1.29, 1.82) is 0 Å². The Bertz CT molecular complexity index is 3920. The summed E-state index contributed by atoms with van der Waals surface area (Å²) in [5.41, 5.74) is 24.6. The van der Waals surface area contributed by atoms with Gasteiger partial charge in [0, 0.05) is 73.5 Å². The van der Waals surface area contributed by atoms with Crippen LogP contribution in [0.15, 0.2) is 254 Å². The van der Waals surface area contributed by atoms with Crippen LogP contribution < -0.4 is 35.4 Å². The maximum atomic E-state index is 2.63. The highest BCUT2D eigenvalue weighted by molar-refractivity contribution is 6.96. The average molecular weight is 1010 g/mol. The van der Waals surface area contributed by atoms with Crippen LogP contribution in [0, 0.1) is 0 Å². The van der Waals surface area contributed by atoms with Gasteiger partial charge in [-0.15, -0.1) is 0 Å². The highest BCUT2D eigenvalue weighted by Gasteiger charge is 2.53. The molecule has 1 aliphatic carbocycles. The van der Waals surface area contributed by atoms with Crippen LogP contribution in [-0.4, -0.2) is 12.4 Å². The SMILES string of the molecule is CC(C)(C)c1ccc(N2C3=C(B4c5ccc(N(c6ccccc6)c6ccccc6)cc5N(c5ccccc5)c5cc(-c6ccc7c(c6)N(c6ccccc6)C(C)(C)N7c6ccccc6)cc2c54)C(C)(C)c2ccccc23)cc1. The second-order valence-electron chi connectivity index (χ2n) is 23.4. The number of rotatable bonds is 8. The zero-order valence-electron chi connectivity index (χ0n) is 45.5. The quantitative estimate of drug-likeness (QED) is 0.141. The molecule has 0 N–H and O–H groups in total. The summed E-state index contributed by atoms with van der Waals surface area (Å²) in [5.74, 6) is 0. The van der Waals surface area contributed by atoms with Gasteiger partial charge in [0.15, 0.2) is 0 Å². The van der Waals surface area contributed by atoms with E-state index in [9.17, 15) is 0 Å². The second kappa shape index (κ2) is 17.8. The van der Waals surface area contributed by atoms with E-state index in [0.29, 0.717) is 0 Å². The van der Waals surface area contributed by atoms with Crippen LogP contribution in [0.2, 0.25) is 0 Å². The Hall–Kier alpha value is -9.00. The molecule has 14 rings (SSSR count). The maximum Gasteiger partial charge on any atom is 0.248 e. The van der Waals surface area contributed by atoms with Crippen molar-refractivity contribution < 1.29 is 0 Å². The number of para-hydroxylation sites is 5. The van der Waals surface area contributed by atoms with Gasteiger partial charge in [0.05, 0.1) is 11.4 Å². The Kier molecular flexibility index (Phi) is 10.8. The number of allylic oxidation sites excluding steroid dienone is 1. The first-order valence-corrected chi connectivity index (χ1v) is 27.6. The summed E-state index contributed by atoms with van der Waals surface area (Å²) in [6.45, 7) is 16.4. The van der Waals surface area contributed by atoms with Gasteiger partial charge in [-0.2, -0.15) is 0 Å². The molecule has 0 saturated carbocycles. The lowest BCUT2D eigenvalue weighted by molar-refractivity contribution is 0.540. The molecule has 4 aliphatic rings. The van der Waals surface area contributed by atoms with Crippen molar-refractivity contribution in [2.75, 3.05) is 24.5 Å². The minimum absolute atomic E-state index is 0.00180. The first-order valence-electron chi connectivity index (χ1n) is 27.6. The molecule has 10 aromatic carbocycles. The summed E-state index contributed by atoms with van der Waals surface area (Å²) in [4.78, 5) is 12.6. The van der Waals surface area contributed by atoms with Crippen LogP contribution in [0.4, 0.5) is 68.2 Å². The molecule has 0 aromatic heterocycles. The van der Waals surface area contributed by atoms with Gasteiger partial charge in [0.25, 0.3) is 0 Å². The van der Waals surface area contributed by atoms with E-state index in [1.54, 1.807) is 0 Å². The predicted octanol–water partition coefficient (Wildman–Crippen LogP) is 17.9. The Morgan fingerprint density at radius 2 is 0.897 bits per heavy atom. The van der Waals surface area contributed by atoms with Gasteiger partial charge in [-0.1, -0.05) is 180 Å². The van der Waals surface area contributed by atoms with Gasteiger partial charge >= 0.3 is 0 Å². The fraction of sp³-hybridized carbons (Fsp3) is 0.139. The fourth-order valence-corrected chi connectivity index (χ4v) is 13.5. The highest BCUT2D eigenvalue weighted by Crippen LogP contribution is 2.58. The molecule has 5 nitrogen and oxygen atoms in total. The monoisotopic (exact) mass is 1010 g/mol. The summed E-state index contributed by atoms with van der Waals surface area (Å²) in [6, 6.07) is 92.4. The summed E-state index contributed by atoms with van der Waals surface area (Å²) >= 11 is 0. The number of benzene rings is 10. The minimum atomic E-state index is -0.431. The molecule has 0 atom stereocenters. The third kappa shape index (κ3) is 7.30. The maximum absolute atomic E-state index is 2.63. The predicted molar refractivity (Wildman–Crippen MR) is 331 cm³/mol. The Labute approximate surface area is 460 Å². The van der Waals surface area contributed by atoms with E-state index < -0.39 is 5.66 Å². The van der Waals surface area contributed by atoms with E-state index in [1.807, 2.05) is 0 Å². The van der Waals surface area contributed by atoms with Gasteiger partial charge in [0.2, 0.25) is 6.71 Å². The van der Waals surface area contributed by atoms with Crippen molar-refractivity contribution in [3.05, 3.63) is 271 Å². The largest absolute Gasteiger partial charge is 0.316 e. The molecule has 3 aliphatic heterocycles. The molecule has 10 aromatic rings. The standard InChI is InChI=1S/C72H62BN5/c1-70(2,3)51-38-40-55(41-39-51)76-66-47-50(49-37-44-62-64(45-49)78(57-33-21-12-22-34-57)72(6,7)77(62)56-31-19-11-20-32-56)46-65-67(66)73(69-68(76)59-35-23-24-36-60(59)71(69,4)5)61-43-42-58(48-63(61)75(65)54-29-17-10-18-30-54)74(52-25-13-8-14-26-52)53-27-15-9-16-28-53/h8-48H,1-7H3. The van der Waals surface area contributed by atoms with Gasteiger partial charge in [-0.3, -0.25) is 0 Å². The van der Waals surface area contributed by atoms with E-state index in [1.165, 1.54) is 67.2 Å². The first kappa shape index (κ1) is 47.5. The van der Waals surface area contributed by atoms with Crippen LogP contribution in [0.5, 0.6) is 0 Å². The molecule has 378 valence electrons. The molecule has 0 bridgehead atoms. The normalized spacial score (nSPS) is 15.4. The average Bonchev–Trinajstić information content (AvgIpc) is 3.86. The van der Waals surface area contributed by atoms with Crippen LogP contribution in [0.25, 0.3) is 16.8 Å². The van der Waals surface area contributed by atoms with Crippen LogP contribution in [0.1, 0.15) is 65.2 Å². The van der Waals surface area contributed by atoms with Gasteiger partial charge in [0.1, 0.15) is 5.66 Å². The molecule has 78 heavy (non-hydrogen) atoms. The van der Waals surface area contributed by atoms with E-state index in [-0.39, 0.29) is 17.5 Å². The van der Waals surface area contributed by atoms with Crippen molar-refractivity contribution in [3.8, 4) is 11.1 Å². The van der Waals surface area contributed by atoms with Gasteiger partial charge in [-0.25, -0.2) is 0 Å². The fourth-order valence-electron chi connectivity index (χ4n) is 13.5. The summed E-state index contributed by atoms with van der Waals surface area (Å²) in [5, 5.41) is 0. The molecule has 0 amide bonds. The van der Waals surface area contributed by atoms with E-state index in [2.05, 4.69) is 322 Å². The number of anilines is 12. The number of hydrogen-bond acceptors (Lipinski definition) is 5. The molecule has 3 heterocycles. The molecule has 0 fully saturated rings. The van der Waals surface area contributed by atoms with Crippen LogP contribution in [-0.2, 0) is 10.8 Å². The Morgan fingerprint density at radius 1 is 0.397 bits per heavy atom. The molecule has 6 heteroatoms. The van der Waals surface area contributed by atoms with Crippen molar-refractivity contribution in [2.24, 2.45) is 0 Å². The Morgan fingerprint density at radius 3 is 1.49 bits per heavy atom. The third-order valence-electron chi connectivity index (χ3n) is 17.0. The third-order valence-corrected chi connectivity index (χ3v) is 17.0. The topological polar surface area (TPSA) is 16.2 Å². The molecular formula is C72H62BN5. The lowest BCUT2D eigenvalue weighted by Crippen LogP contribution is -2.57. The lowest BCUT2D eigenvalue weighted by Gasteiger charge is -2.46. The molecule has 0 radical (unpaired) electrons. The van der Waals surface area contributed by atoms with Crippen molar-refractivity contribution >= 4 is 91.6 Å². The van der Waals surface area contributed by atoms with E-state index in [0.717, 1.165) is 50.9 Å². The zero-order chi connectivity index (χ0) is 53.1. The molecule has 0 unspecified atom stereocenters. The summed E-state index contributed by atoms with van der Waals surface area (Å²) in [6.07, 6.45) is 0.